The molecule has 0 aliphatic carbocycles. The summed E-state index contributed by atoms with van der Waals surface area (Å²) in [4.78, 5) is 22.5. The summed E-state index contributed by atoms with van der Waals surface area (Å²) in [6.45, 7) is 4.77. The molecule has 0 aliphatic rings. The minimum Gasteiger partial charge on any atom is -0.383 e. The van der Waals surface area contributed by atoms with Crippen molar-refractivity contribution < 1.29 is 4.79 Å². The SMILES string of the molecule is CCCCCCNC(=O)c1c(N)n(/N=C/c2ccccc2C)c2nc3ccccc3nc12. The number of carbonyl (C=O) groups is 1. The standard InChI is InChI=1S/C25H28N6O/c1-3-4-5-10-15-27-25(32)21-22-24(30-20-14-9-8-13-19(20)29-22)31(23(21)26)28-16-18-12-7-6-11-17(18)2/h6-9,11-14,16H,3-5,10,15,26H2,1-2H3,(H,27,32)/b28-16+. The third-order valence-electron chi connectivity index (χ3n) is 5.52. The molecule has 7 nitrogen and oxygen atoms in total. The summed E-state index contributed by atoms with van der Waals surface area (Å²) in [5.41, 5.74) is 11.1. The van der Waals surface area contributed by atoms with Gasteiger partial charge in [-0.25, -0.2) is 9.97 Å². The zero-order valence-corrected chi connectivity index (χ0v) is 18.5. The van der Waals surface area contributed by atoms with Crippen LogP contribution in [0.25, 0.3) is 22.2 Å². The van der Waals surface area contributed by atoms with Crippen LogP contribution in [0.5, 0.6) is 0 Å². The Bertz CT molecular complexity index is 1290. The minimum absolute atomic E-state index is 0.228. The van der Waals surface area contributed by atoms with Crippen LogP contribution in [0.2, 0.25) is 0 Å². The molecule has 32 heavy (non-hydrogen) atoms. The average molecular weight is 429 g/mol. The summed E-state index contributed by atoms with van der Waals surface area (Å²) >= 11 is 0. The molecule has 3 N–H and O–H groups in total. The Labute approximate surface area is 187 Å². The highest BCUT2D eigenvalue weighted by Crippen LogP contribution is 2.27. The van der Waals surface area contributed by atoms with E-state index in [1.54, 1.807) is 6.21 Å². The van der Waals surface area contributed by atoms with Crippen molar-refractivity contribution in [3.8, 4) is 0 Å². The molecule has 0 unspecified atom stereocenters. The lowest BCUT2D eigenvalue weighted by Crippen LogP contribution is -2.25. The number of carbonyl (C=O) groups excluding carboxylic acids is 1. The Morgan fingerprint density at radius 3 is 2.53 bits per heavy atom. The Hall–Kier alpha value is -3.74. The van der Waals surface area contributed by atoms with Gasteiger partial charge in [0.15, 0.2) is 5.65 Å². The van der Waals surface area contributed by atoms with Crippen molar-refractivity contribution in [2.45, 2.75) is 39.5 Å². The number of fused-ring (bicyclic) bond motifs is 2. The van der Waals surface area contributed by atoms with Crippen LogP contribution >= 0.6 is 0 Å². The van der Waals surface area contributed by atoms with Gasteiger partial charge in [-0.05, 0) is 36.6 Å². The minimum atomic E-state index is -0.251. The quantitative estimate of drug-likeness (QED) is 0.315. The normalized spacial score (nSPS) is 11.6. The lowest BCUT2D eigenvalue weighted by molar-refractivity contribution is 0.0955. The highest BCUT2D eigenvalue weighted by Gasteiger charge is 2.23. The van der Waals surface area contributed by atoms with Gasteiger partial charge >= 0.3 is 0 Å². The highest BCUT2D eigenvalue weighted by atomic mass is 16.1. The molecule has 7 heteroatoms. The monoisotopic (exact) mass is 428 g/mol. The van der Waals surface area contributed by atoms with Crippen LogP contribution < -0.4 is 11.1 Å². The van der Waals surface area contributed by atoms with E-state index in [1.165, 1.54) is 4.68 Å². The van der Waals surface area contributed by atoms with Crippen molar-refractivity contribution in [2.24, 2.45) is 5.10 Å². The number of para-hydroxylation sites is 2. The maximum absolute atomic E-state index is 13.1. The molecular weight excluding hydrogens is 400 g/mol. The van der Waals surface area contributed by atoms with Crippen molar-refractivity contribution in [1.82, 2.24) is 20.0 Å². The fraction of sp³-hybridized carbons (Fsp3) is 0.280. The number of nitrogens with two attached hydrogens (primary N) is 1. The first-order chi connectivity index (χ1) is 15.6. The van der Waals surface area contributed by atoms with Gasteiger partial charge in [0.1, 0.15) is 16.9 Å². The lowest BCUT2D eigenvalue weighted by atomic mass is 10.1. The molecule has 0 fully saturated rings. The molecule has 4 rings (SSSR count). The van der Waals surface area contributed by atoms with Crippen LogP contribution in [0.3, 0.4) is 0 Å². The van der Waals surface area contributed by atoms with Gasteiger partial charge in [0.25, 0.3) is 5.91 Å². The van der Waals surface area contributed by atoms with E-state index < -0.39 is 0 Å². The number of nitrogens with zero attached hydrogens (tertiary/aromatic N) is 4. The van der Waals surface area contributed by atoms with Crippen molar-refractivity contribution in [2.75, 3.05) is 12.3 Å². The van der Waals surface area contributed by atoms with Crippen LogP contribution in [-0.2, 0) is 0 Å². The number of nitrogens with one attached hydrogen (secondary N) is 1. The first-order valence-electron chi connectivity index (χ1n) is 11.0. The van der Waals surface area contributed by atoms with E-state index in [4.69, 9.17) is 15.7 Å². The Morgan fingerprint density at radius 1 is 1.06 bits per heavy atom. The summed E-state index contributed by atoms with van der Waals surface area (Å²) in [5.74, 6) is -0.0235. The fourth-order valence-corrected chi connectivity index (χ4v) is 3.68. The number of hydrogen-bond acceptors (Lipinski definition) is 5. The van der Waals surface area contributed by atoms with Gasteiger partial charge in [0.2, 0.25) is 0 Å². The maximum Gasteiger partial charge on any atom is 0.257 e. The molecule has 0 aliphatic heterocycles. The molecule has 0 saturated heterocycles. The number of hydrogen-bond donors (Lipinski definition) is 2. The summed E-state index contributed by atoms with van der Waals surface area (Å²) < 4.78 is 1.51. The van der Waals surface area contributed by atoms with E-state index in [2.05, 4.69) is 17.3 Å². The molecule has 164 valence electrons. The van der Waals surface area contributed by atoms with Gasteiger partial charge in [0, 0.05) is 6.54 Å². The van der Waals surface area contributed by atoms with Crippen LogP contribution in [0.15, 0.2) is 53.6 Å². The molecule has 0 saturated carbocycles. The van der Waals surface area contributed by atoms with Gasteiger partial charge in [0.05, 0.1) is 17.2 Å². The molecule has 0 radical (unpaired) electrons. The zero-order chi connectivity index (χ0) is 22.5. The molecule has 0 atom stereocenters. The van der Waals surface area contributed by atoms with Crippen molar-refractivity contribution in [1.29, 1.82) is 0 Å². The van der Waals surface area contributed by atoms with E-state index in [9.17, 15) is 4.79 Å². The smallest absolute Gasteiger partial charge is 0.257 e. The third kappa shape index (κ3) is 4.32. The number of aromatic nitrogens is 3. The number of benzene rings is 2. The molecular formula is C25H28N6O. The topological polar surface area (TPSA) is 98.2 Å². The fourth-order valence-electron chi connectivity index (χ4n) is 3.68. The summed E-state index contributed by atoms with van der Waals surface area (Å²) in [6.07, 6.45) is 6.05. The lowest BCUT2D eigenvalue weighted by Gasteiger charge is -2.05. The zero-order valence-electron chi connectivity index (χ0n) is 18.5. The number of amides is 1. The highest BCUT2D eigenvalue weighted by molar-refractivity contribution is 6.10. The summed E-state index contributed by atoms with van der Waals surface area (Å²) in [6, 6.07) is 15.5. The summed E-state index contributed by atoms with van der Waals surface area (Å²) in [7, 11) is 0. The molecule has 2 aromatic heterocycles. The molecule has 0 bridgehead atoms. The van der Waals surface area contributed by atoms with Crippen LogP contribution in [0, 0.1) is 6.92 Å². The number of rotatable bonds is 8. The van der Waals surface area contributed by atoms with E-state index in [0.717, 1.165) is 42.3 Å². The second-order valence-corrected chi connectivity index (χ2v) is 7.87. The van der Waals surface area contributed by atoms with Crippen LogP contribution in [0.1, 0.15) is 54.1 Å². The first-order valence-corrected chi connectivity index (χ1v) is 11.0. The van der Waals surface area contributed by atoms with Gasteiger partial charge in [-0.15, -0.1) is 0 Å². The number of nitrogen functional groups attached to an aromatic ring is 1. The van der Waals surface area contributed by atoms with Crippen molar-refractivity contribution in [3.05, 3.63) is 65.2 Å². The average Bonchev–Trinajstić information content (AvgIpc) is 3.07. The van der Waals surface area contributed by atoms with E-state index >= 15 is 0 Å². The van der Waals surface area contributed by atoms with Gasteiger partial charge < -0.3 is 11.1 Å². The second-order valence-electron chi connectivity index (χ2n) is 7.87. The Kier molecular flexibility index (Phi) is 6.44. The van der Waals surface area contributed by atoms with Gasteiger partial charge in [-0.1, -0.05) is 62.6 Å². The van der Waals surface area contributed by atoms with Gasteiger partial charge in [-0.3, -0.25) is 4.79 Å². The predicted octanol–water partition coefficient (Wildman–Crippen LogP) is 4.67. The number of anilines is 1. The Morgan fingerprint density at radius 2 is 1.78 bits per heavy atom. The predicted molar refractivity (Wildman–Crippen MR) is 130 cm³/mol. The van der Waals surface area contributed by atoms with Crippen molar-refractivity contribution in [3.63, 3.8) is 0 Å². The molecule has 2 heterocycles. The maximum atomic E-state index is 13.1. The van der Waals surface area contributed by atoms with E-state index in [0.29, 0.717) is 28.8 Å². The van der Waals surface area contributed by atoms with Crippen LogP contribution in [0.4, 0.5) is 5.82 Å². The Balaban J connectivity index is 1.77. The van der Waals surface area contributed by atoms with Crippen molar-refractivity contribution >= 4 is 40.1 Å². The van der Waals surface area contributed by atoms with Gasteiger partial charge in [-0.2, -0.15) is 9.78 Å². The van der Waals surface area contributed by atoms with Crippen LogP contribution in [-0.4, -0.2) is 33.3 Å². The second kappa shape index (κ2) is 9.60. The summed E-state index contributed by atoms with van der Waals surface area (Å²) in [5, 5.41) is 7.56. The molecule has 2 aromatic carbocycles. The molecule has 1 amide bonds. The van der Waals surface area contributed by atoms with E-state index in [1.807, 2.05) is 55.5 Å². The number of aryl methyl sites for hydroxylation is 1. The third-order valence-corrected chi connectivity index (χ3v) is 5.52. The van der Waals surface area contributed by atoms with E-state index in [-0.39, 0.29) is 11.7 Å². The molecule has 4 aromatic rings. The largest absolute Gasteiger partial charge is 0.383 e. The molecule has 0 spiro atoms. The first kappa shape index (κ1) is 21.5. The number of unbranched alkanes of at least 4 members (excludes halogenated alkanes) is 3.